The molecule has 0 aliphatic carbocycles. The molecule has 0 spiro atoms. The lowest BCUT2D eigenvalue weighted by molar-refractivity contribution is -0.113. The quantitative estimate of drug-likeness (QED) is 0.291. The zero-order chi connectivity index (χ0) is 21.7. The average molecular weight is 487 g/mol. The van der Waals surface area contributed by atoms with Crippen LogP contribution in [0.1, 0.15) is 31.2 Å². The number of nitrogens with zero attached hydrogens (tertiary/aromatic N) is 2. The van der Waals surface area contributed by atoms with Crippen LogP contribution in [0.2, 0.25) is 15.1 Å². The highest BCUT2D eigenvalue weighted by molar-refractivity contribution is 7.99. The van der Waals surface area contributed by atoms with Crippen molar-refractivity contribution < 1.29 is 13.9 Å². The van der Waals surface area contributed by atoms with Crippen LogP contribution < -0.4 is 10.1 Å². The average Bonchev–Trinajstić information content (AvgIpc) is 3.17. The van der Waals surface area contributed by atoms with Crippen LogP contribution in [-0.2, 0) is 11.4 Å². The minimum absolute atomic E-state index is 0.0513. The number of carbonyl (C=O) groups is 1. The number of hydrogen-bond acceptors (Lipinski definition) is 6. The van der Waals surface area contributed by atoms with E-state index >= 15 is 0 Å². The molecule has 10 heteroatoms. The van der Waals surface area contributed by atoms with Crippen LogP contribution in [0, 0.1) is 0 Å². The second-order valence-corrected chi connectivity index (χ2v) is 8.71. The monoisotopic (exact) mass is 485 g/mol. The smallest absolute Gasteiger partial charge is 0.277 e. The number of benzene rings is 2. The van der Waals surface area contributed by atoms with Crippen molar-refractivity contribution in [2.24, 2.45) is 0 Å². The van der Waals surface area contributed by atoms with Crippen LogP contribution in [-0.4, -0.2) is 21.9 Å². The fourth-order valence-electron chi connectivity index (χ4n) is 2.38. The summed E-state index contributed by atoms with van der Waals surface area (Å²) in [4.78, 5) is 12.1. The van der Waals surface area contributed by atoms with Gasteiger partial charge in [0.05, 0.1) is 26.5 Å². The van der Waals surface area contributed by atoms with Gasteiger partial charge in [0.1, 0.15) is 5.75 Å². The van der Waals surface area contributed by atoms with Gasteiger partial charge in [0.25, 0.3) is 11.1 Å². The number of amides is 1. The number of thioether (sulfide) groups is 1. The highest BCUT2D eigenvalue weighted by atomic mass is 35.5. The molecule has 0 bridgehead atoms. The van der Waals surface area contributed by atoms with E-state index in [0.717, 1.165) is 11.8 Å². The van der Waals surface area contributed by atoms with E-state index in [0.29, 0.717) is 38.3 Å². The van der Waals surface area contributed by atoms with Gasteiger partial charge in [-0.3, -0.25) is 4.79 Å². The van der Waals surface area contributed by atoms with Gasteiger partial charge in [-0.05, 0) is 35.7 Å². The molecule has 30 heavy (non-hydrogen) atoms. The van der Waals surface area contributed by atoms with Crippen molar-refractivity contribution in [2.45, 2.75) is 31.6 Å². The molecule has 0 radical (unpaired) electrons. The van der Waals surface area contributed by atoms with Crippen molar-refractivity contribution in [1.29, 1.82) is 0 Å². The van der Waals surface area contributed by atoms with Crippen LogP contribution >= 0.6 is 46.6 Å². The minimum Gasteiger partial charge on any atom is -0.484 e. The van der Waals surface area contributed by atoms with Crippen LogP contribution in [0.3, 0.4) is 0 Å². The lowest BCUT2D eigenvalue weighted by Gasteiger charge is -2.08. The zero-order valence-corrected chi connectivity index (χ0v) is 19.2. The fourth-order valence-corrected chi connectivity index (χ4v) is 3.56. The van der Waals surface area contributed by atoms with E-state index in [9.17, 15) is 4.79 Å². The van der Waals surface area contributed by atoms with Gasteiger partial charge in [-0.2, -0.15) is 0 Å². The first-order valence-electron chi connectivity index (χ1n) is 8.94. The van der Waals surface area contributed by atoms with Gasteiger partial charge >= 0.3 is 0 Å². The summed E-state index contributed by atoms with van der Waals surface area (Å²) >= 11 is 19.0. The molecule has 0 aliphatic rings. The maximum Gasteiger partial charge on any atom is 0.277 e. The van der Waals surface area contributed by atoms with Crippen molar-refractivity contribution in [3.8, 4) is 5.75 Å². The van der Waals surface area contributed by atoms with Gasteiger partial charge in [0, 0.05) is 0 Å². The summed E-state index contributed by atoms with van der Waals surface area (Å²) in [7, 11) is 0. The molecule has 2 aromatic carbocycles. The molecule has 0 fully saturated rings. The Labute approximate surface area is 193 Å². The van der Waals surface area contributed by atoms with Gasteiger partial charge in [0.15, 0.2) is 6.61 Å². The van der Waals surface area contributed by atoms with Gasteiger partial charge in [0.2, 0.25) is 5.91 Å². The van der Waals surface area contributed by atoms with E-state index in [1.54, 1.807) is 0 Å². The number of rotatable bonds is 8. The zero-order valence-electron chi connectivity index (χ0n) is 16.1. The molecule has 0 saturated carbocycles. The molecule has 3 rings (SSSR count). The lowest BCUT2D eigenvalue weighted by Crippen LogP contribution is -2.14. The Morgan fingerprint density at radius 3 is 2.50 bits per heavy atom. The van der Waals surface area contributed by atoms with E-state index in [-0.39, 0.29) is 23.5 Å². The third-order valence-corrected chi connectivity index (χ3v) is 5.82. The fraction of sp³-hybridized carbons (Fsp3) is 0.250. The number of anilines is 1. The molecule has 158 valence electrons. The number of hydrogen-bond donors (Lipinski definition) is 1. The number of halogens is 3. The predicted molar refractivity (Wildman–Crippen MR) is 120 cm³/mol. The van der Waals surface area contributed by atoms with Crippen LogP contribution in [0.15, 0.2) is 46.0 Å². The number of ether oxygens (including phenoxy) is 1. The molecule has 3 aromatic rings. The first kappa shape index (κ1) is 22.7. The Hall–Kier alpha value is -1.93. The summed E-state index contributed by atoms with van der Waals surface area (Å²) in [6.07, 6.45) is 0. The van der Waals surface area contributed by atoms with E-state index in [2.05, 4.69) is 29.4 Å². The Balaban J connectivity index is 1.48. The summed E-state index contributed by atoms with van der Waals surface area (Å²) in [5.41, 5.74) is 1.61. The second-order valence-electron chi connectivity index (χ2n) is 6.56. The molecule has 0 aliphatic heterocycles. The number of carbonyl (C=O) groups excluding carboxylic acids is 1. The standard InChI is InChI=1S/C20H18Cl3N3O3S/c1-11(2)12-3-5-13(6-4-12)28-9-19-25-26-20(29-19)30-10-18(27)24-17-8-15(22)14(21)7-16(17)23/h3-8,11H,9-10H2,1-2H3,(H,24,27). The maximum absolute atomic E-state index is 12.1. The van der Waals surface area contributed by atoms with E-state index in [4.69, 9.17) is 44.0 Å². The molecule has 6 nitrogen and oxygen atoms in total. The Morgan fingerprint density at radius 1 is 1.10 bits per heavy atom. The van der Waals surface area contributed by atoms with Gasteiger partial charge in [-0.15, -0.1) is 10.2 Å². The van der Waals surface area contributed by atoms with Gasteiger partial charge in [-0.25, -0.2) is 0 Å². The first-order chi connectivity index (χ1) is 14.3. The van der Waals surface area contributed by atoms with E-state index in [1.165, 1.54) is 17.7 Å². The van der Waals surface area contributed by atoms with Crippen molar-refractivity contribution >= 4 is 58.2 Å². The summed E-state index contributed by atoms with van der Waals surface area (Å²) in [5.74, 6) is 1.24. The molecule has 1 amide bonds. The summed E-state index contributed by atoms with van der Waals surface area (Å²) in [5, 5.41) is 11.7. The summed E-state index contributed by atoms with van der Waals surface area (Å²) in [6.45, 7) is 4.40. The van der Waals surface area contributed by atoms with Gasteiger partial charge < -0.3 is 14.5 Å². The molecular formula is C20H18Cl3N3O3S. The summed E-state index contributed by atoms with van der Waals surface area (Å²) in [6, 6.07) is 10.8. The Bertz CT molecular complexity index is 1030. The second kappa shape index (κ2) is 10.4. The molecular weight excluding hydrogens is 469 g/mol. The number of nitrogens with one attached hydrogen (secondary N) is 1. The van der Waals surface area contributed by atoms with Crippen molar-refractivity contribution in [2.75, 3.05) is 11.1 Å². The lowest BCUT2D eigenvalue weighted by atomic mass is 10.0. The summed E-state index contributed by atoms with van der Waals surface area (Å²) < 4.78 is 11.2. The molecule has 0 saturated heterocycles. The van der Waals surface area contributed by atoms with Crippen LogP contribution in [0.5, 0.6) is 5.75 Å². The SMILES string of the molecule is CC(C)c1ccc(OCc2nnc(SCC(=O)Nc3cc(Cl)c(Cl)cc3Cl)o2)cc1. The normalized spacial score (nSPS) is 11.0. The van der Waals surface area contributed by atoms with E-state index in [1.807, 2.05) is 24.3 Å². The Morgan fingerprint density at radius 2 is 1.80 bits per heavy atom. The maximum atomic E-state index is 12.1. The van der Waals surface area contributed by atoms with Crippen LogP contribution in [0.4, 0.5) is 5.69 Å². The third kappa shape index (κ3) is 6.28. The third-order valence-electron chi connectivity index (χ3n) is 3.97. The van der Waals surface area contributed by atoms with Crippen molar-refractivity contribution in [3.63, 3.8) is 0 Å². The Kier molecular flexibility index (Phi) is 7.88. The van der Waals surface area contributed by atoms with Crippen LogP contribution in [0.25, 0.3) is 0 Å². The molecule has 1 heterocycles. The topological polar surface area (TPSA) is 77.2 Å². The molecule has 1 aromatic heterocycles. The van der Waals surface area contributed by atoms with E-state index < -0.39 is 0 Å². The highest BCUT2D eigenvalue weighted by Crippen LogP contribution is 2.32. The van der Waals surface area contributed by atoms with Crippen molar-refractivity contribution in [1.82, 2.24) is 10.2 Å². The molecule has 1 N–H and O–H groups in total. The number of aromatic nitrogens is 2. The predicted octanol–water partition coefficient (Wildman–Crippen LogP) is 6.46. The largest absolute Gasteiger partial charge is 0.484 e. The first-order valence-corrected chi connectivity index (χ1v) is 11.1. The minimum atomic E-state index is -0.304. The van der Waals surface area contributed by atoms with Crippen molar-refractivity contribution in [3.05, 3.63) is 62.9 Å². The van der Waals surface area contributed by atoms with Gasteiger partial charge in [-0.1, -0.05) is 72.5 Å². The molecule has 0 unspecified atom stereocenters. The highest BCUT2D eigenvalue weighted by Gasteiger charge is 2.13. The molecule has 0 atom stereocenters.